The van der Waals surface area contributed by atoms with E-state index in [4.69, 9.17) is 0 Å². The highest BCUT2D eigenvalue weighted by Gasteiger charge is 2.26. The third-order valence-corrected chi connectivity index (χ3v) is 6.69. The molecule has 0 spiro atoms. The van der Waals surface area contributed by atoms with Gasteiger partial charge in [-0.15, -0.1) is 0 Å². The fraction of sp³-hybridized carbons (Fsp3) is 0.682. The molecule has 0 bridgehead atoms. The number of piperidine rings is 1. The van der Waals surface area contributed by atoms with Crippen LogP contribution >= 0.6 is 0 Å². The molecule has 164 valence electrons. The van der Waals surface area contributed by atoms with E-state index in [0.717, 1.165) is 30.5 Å². The van der Waals surface area contributed by atoms with Crippen LogP contribution < -0.4 is 15.1 Å². The Morgan fingerprint density at radius 2 is 1.77 bits per heavy atom. The van der Waals surface area contributed by atoms with Gasteiger partial charge in [-0.2, -0.15) is 0 Å². The molecule has 0 aliphatic carbocycles. The maximum atomic E-state index is 12.0. The summed E-state index contributed by atoms with van der Waals surface area (Å²) in [6.07, 6.45) is 4.47. The summed E-state index contributed by atoms with van der Waals surface area (Å²) in [5, 5.41) is 2.36. The number of hydrogen-bond acceptors (Lipinski definition) is 6. The number of anilines is 2. The minimum atomic E-state index is -0.365. The van der Waals surface area contributed by atoms with Crippen molar-refractivity contribution < 1.29 is 9.59 Å². The third kappa shape index (κ3) is 4.92. The summed E-state index contributed by atoms with van der Waals surface area (Å²) in [6.45, 7) is 13.0. The van der Waals surface area contributed by atoms with E-state index < -0.39 is 0 Å². The standard InChI is InChI=1S/C22H34N6O2/c1-17(2)26-13-11-25(12-14-26)16-18-5-8-27(9-6-18)20-4-3-19(15-23-20)28-10-7-21(29)24-22(28)30/h3-4,15,17-18H,5-14,16H2,1-2H3,(H,24,29,30). The second-order valence-corrected chi connectivity index (χ2v) is 8.99. The lowest BCUT2D eigenvalue weighted by Crippen LogP contribution is -2.50. The molecule has 4 heterocycles. The van der Waals surface area contributed by atoms with Crippen molar-refractivity contribution in [3.8, 4) is 0 Å². The van der Waals surface area contributed by atoms with Crippen LogP contribution in [0.25, 0.3) is 0 Å². The molecular weight excluding hydrogens is 380 g/mol. The number of amides is 3. The summed E-state index contributed by atoms with van der Waals surface area (Å²) in [5.74, 6) is 1.52. The predicted molar refractivity (Wildman–Crippen MR) is 118 cm³/mol. The molecular formula is C22H34N6O2. The SMILES string of the molecule is CC(C)N1CCN(CC2CCN(c3ccc(N4CCC(=O)NC4=O)cn3)CC2)CC1. The van der Waals surface area contributed by atoms with E-state index in [2.05, 4.69) is 38.8 Å². The van der Waals surface area contributed by atoms with E-state index in [-0.39, 0.29) is 11.9 Å². The first-order valence-electron chi connectivity index (χ1n) is 11.3. The zero-order valence-electron chi connectivity index (χ0n) is 18.2. The van der Waals surface area contributed by atoms with Gasteiger partial charge in [0.2, 0.25) is 5.91 Å². The van der Waals surface area contributed by atoms with Crippen LogP contribution in [0.1, 0.15) is 33.1 Å². The monoisotopic (exact) mass is 414 g/mol. The average Bonchev–Trinajstić information content (AvgIpc) is 2.75. The van der Waals surface area contributed by atoms with Crippen molar-refractivity contribution in [2.24, 2.45) is 5.92 Å². The van der Waals surface area contributed by atoms with Crippen molar-refractivity contribution >= 4 is 23.4 Å². The van der Waals surface area contributed by atoms with Gasteiger partial charge in [-0.25, -0.2) is 9.78 Å². The van der Waals surface area contributed by atoms with Gasteiger partial charge in [-0.05, 0) is 44.7 Å². The van der Waals surface area contributed by atoms with Crippen LogP contribution in [-0.4, -0.2) is 85.1 Å². The van der Waals surface area contributed by atoms with Crippen molar-refractivity contribution in [2.45, 2.75) is 39.2 Å². The lowest BCUT2D eigenvalue weighted by atomic mass is 9.96. The Balaban J connectivity index is 1.24. The van der Waals surface area contributed by atoms with Crippen molar-refractivity contribution in [1.29, 1.82) is 0 Å². The van der Waals surface area contributed by atoms with E-state index in [1.54, 1.807) is 11.1 Å². The quantitative estimate of drug-likeness (QED) is 0.792. The van der Waals surface area contributed by atoms with Gasteiger partial charge in [-0.3, -0.25) is 19.9 Å². The van der Waals surface area contributed by atoms with Gasteiger partial charge in [0, 0.05) is 64.8 Å². The molecule has 3 saturated heterocycles. The zero-order valence-corrected chi connectivity index (χ0v) is 18.2. The lowest BCUT2D eigenvalue weighted by molar-refractivity contribution is -0.120. The topological polar surface area (TPSA) is 72.0 Å². The van der Waals surface area contributed by atoms with E-state index >= 15 is 0 Å². The van der Waals surface area contributed by atoms with Crippen LogP contribution in [0.3, 0.4) is 0 Å². The number of rotatable bonds is 5. The number of aromatic nitrogens is 1. The molecule has 0 atom stereocenters. The van der Waals surface area contributed by atoms with Gasteiger partial charge in [0.25, 0.3) is 0 Å². The number of piperazine rings is 1. The lowest BCUT2D eigenvalue weighted by Gasteiger charge is -2.40. The summed E-state index contributed by atoms with van der Waals surface area (Å²) in [5.41, 5.74) is 0.735. The average molecular weight is 415 g/mol. The number of carbonyl (C=O) groups excluding carboxylic acids is 2. The van der Waals surface area contributed by atoms with Crippen LogP contribution in [0.2, 0.25) is 0 Å². The van der Waals surface area contributed by atoms with Gasteiger partial charge in [0.1, 0.15) is 5.82 Å². The second-order valence-electron chi connectivity index (χ2n) is 8.99. The highest BCUT2D eigenvalue weighted by Crippen LogP contribution is 2.25. The molecule has 0 radical (unpaired) electrons. The molecule has 4 rings (SSSR count). The number of imide groups is 1. The molecule has 8 heteroatoms. The van der Waals surface area contributed by atoms with Crippen LogP contribution in [0.5, 0.6) is 0 Å². The normalized spacial score (nSPS) is 22.6. The van der Waals surface area contributed by atoms with Crippen LogP contribution in [-0.2, 0) is 4.79 Å². The number of urea groups is 1. The van der Waals surface area contributed by atoms with E-state index in [9.17, 15) is 9.59 Å². The minimum absolute atomic E-state index is 0.217. The van der Waals surface area contributed by atoms with Gasteiger partial charge < -0.3 is 9.80 Å². The Morgan fingerprint density at radius 3 is 2.37 bits per heavy atom. The van der Waals surface area contributed by atoms with Crippen molar-refractivity contribution in [3.63, 3.8) is 0 Å². The molecule has 3 amide bonds. The van der Waals surface area contributed by atoms with Crippen LogP contribution in [0.15, 0.2) is 18.3 Å². The first kappa shape index (κ1) is 21.1. The molecule has 3 fully saturated rings. The first-order chi connectivity index (χ1) is 14.5. The van der Waals surface area contributed by atoms with Crippen LogP contribution in [0.4, 0.5) is 16.3 Å². The van der Waals surface area contributed by atoms with E-state index in [0.29, 0.717) is 19.0 Å². The van der Waals surface area contributed by atoms with Crippen molar-refractivity contribution in [2.75, 3.05) is 62.2 Å². The summed E-state index contributed by atoms with van der Waals surface area (Å²) in [7, 11) is 0. The number of nitrogens with one attached hydrogen (secondary N) is 1. The summed E-state index contributed by atoms with van der Waals surface area (Å²) >= 11 is 0. The Labute approximate surface area is 179 Å². The van der Waals surface area contributed by atoms with Gasteiger partial charge in [-0.1, -0.05) is 0 Å². The Kier molecular flexibility index (Phi) is 6.53. The zero-order chi connectivity index (χ0) is 21.1. The smallest absolute Gasteiger partial charge is 0.328 e. The summed E-state index contributed by atoms with van der Waals surface area (Å²) in [6, 6.07) is 4.21. The minimum Gasteiger partial charge on any atom is -0.357 e. The third-order valence-electron chi connectivity index (χ3n) is 6.69. The molecule has 1 N–H and O–H groups in total. The highest BCUT2D eigenvalue weighted by molar-refractivity contribution is 6.05. The molecule has 8 nitrogen and oxygen atoms in total. The molecule has 3 aliphatic heterocycles. The summed E-state index contributed by atoms with van der Waals surface area (Å²) < 4.78 is 0. The fourth-order valence-electron chi connectivity index (χ4n) is 4.71. The number of hydrogen-bond donors (Lipinski definition) is 1. The van der Waals surface area contributed by atoms with Gasteiger partial charge >= 0.3 is 6.03 Å². The number of carbonyl (C=O) groups is 2. The van der Waals surface area contributed by atoms with E-state index in [1.807, 2.05) is 12.1 Å². The fourth-order valence-corrected chi connectivity index (χ4v) is 4.71. The number of pyridine rings is 1. The molecule has 0 aromatic carbocycles. The number of nitrogens with zero attached hydrogens (tertiary/aromatic N) is 5. The van der Waals surface area contributed by atoms with Gasteiger partial charge in [0.15, 0.2) is 0 Å². The largest absolute Gasteiger partial charge is 0.357 e. The Hall–Kier alpha value is -2.19. The second kappa shape index (κ2) is 9.31. The van der Waals surface area contributed by atoms with Crippen LogP contribution in [0, 0.1) is 5.92 Å². The molecule has 1 aromatic rings. The Bertz CT molecular complexity index is 736. The van der Waals surface area contributed by atoms with E-state index in [1.165, 1.54) is 45.6 Å². The maximum Gasteiger partial charge on any atom is 0.328 e. The van der Waals surface area contributed by atoms with Crippen molar-refractivity contribution in [1.82, 2.24) is 20.1 Å². The summed E-state index contributed by atoms with van der Waals surface area (Å²) in [4.78, 5) is 37.0. The maximum absolute atomic E-state index is 12.0. The molecule has 0 unspecified atom stereocenters. The Morgan fingerprint density at radius 1 is 1.03 bits per heavy atom. The highest BCUT2D eigenvalue weighted by atomic mass is 16.2. The first-order valence-corrected chi connectivity index (χ1v) is 11.3. The molecule has 1 aromatic heterocycles. The van der Waals surface area contributed by atoms with Gasteiger partial charge in [0.05, 0.1) is 11.9 Å². The predicted octanol–water partition coefficient (Wildman–Crippen LogP) is 1.77. The molecule has 30 heavy (non-hydrogen) atoms. The molecule has 0 saturated carbocycles. The molecule has 3 aliphatic rings. The van der Waals surface area contributed by atoms with Crippen molar-refractivity contribution in [3.05, 3.63) is 18.3 Å².